The van der Waals surface area contributed by atoms with Gasteiger partial charge < -0.3 is 37.2 Å². The van der Waals surface area contributed by atoms with Crippen LogP contribution in [0.25, 0.3) is 0 Å². The number of rotatable bonds is 19. The molecule has 0 saturated heterocycles. The van der Waals surface area contributed by atoms with E-state index < -0.39 is 47.6 Å². The molecule has 0 bridgehead atoms. The Morgan fingerprint density at radius 2 is 1.07 bits per heavy atom. The first kappa shape index (κ1) is 56.4. The number of anilines is 2. The minimum atomic E-state index is -0.913. The quantitative estimate of drug-likeness (QED) is 0.0397. The van der Waals surface area contributed by atoms with E-state index in [4.69, 9.17) is 5.73 Å². The minimum Gasteiger partial charge on any atom is -0.390 e. The number of aliphatic hydroxyl groups excluding tert-OH is 2. The van der Waals surface area contributed by atoms with Gasteiger partial charge in [0, 0.05) is 55.4 Å². The van der Waals surface area contributed by atoms with Gasteiger partial charge in [0.2, 0.25) is 0 Å². The smallest absolute Gasteiger partial charge is 0.149 e. The first-order chi connectivity index (χ1) is 34.2. The highest BCUT2D eigenvalue weighted by atomic mass is 19.1. The summed E-state index contributed by atoms with van der Waals surface area (Å²) < 4.78 is 58.4. The molecule has 0 amide bonds. The molecule has 2 aliphatic rings. The second-order valence-corrected chi connectivity index (χ2v) is 22.2. The van der Waals surface area contributed by atoms with E-state index >= 15 is 0 Å². The van der Waals surface area contributed by atoms with Crippen molar-refractivity contribution in [2.45, 2.75) is 179 Å². The van der Waals surface area contributed by atoms with E-state index in [0.29, 0.717) is 30.8 Å². The van der Waals surface area contributed by atoms with Gasteiger partial charge in [-0.3, -0.25) is 0 Å². The van der Waals surface area contributed by atoms with Gasteiger partial charge in [0.05, 0.1) is 29.6 Å². The molecule has 2 fully saturated rings. The molecule has 4 atom stereocenters. The Morgan fingerprint density at radius 3 is 1.49 bits per heavy atom. The number of tetrazole rings is 1. The van der Waals surface area contributed by atoms with Gasteiger partial charge in [0.25, 0.3) is 0 Å². The van der Waals surface area contributed by atoms with Crippen LogP contribution >= 0.6 is 0 Å². The van der Waals surface area contributed by atoms with E-state index in [1.165, 1.54) is 58.2 Å². The lowest BCUT2D eigenvalue weighted by Gasteiger charge is -2.41. The number of aromatic nitrogens is 4. The molecular formula is C57H81F4N9O2. The van der Waals surface area contributed by atoms with Crippen molar-refractivity contribution in [2.75, 3.05) is 36.8 Å². The highest BCUT2D eigenvalue weighted by molar-refractivity contribution is 5.54. The molecule has 0 aliphatic heterocycles. The summed E-state index contributed by atoms with van der Waals surface area (Å²) in [5.41, 5.74) is 12.3. The normalized spacial score (nSPS) is 17.5. The monoisotopic (exact) mass is 1000 g/mol. The summed E-state index contributed by atoms with van der Waals surface area (Å²) in [7, 11) is 0. The molecule has 0 spiro atoms. The van der Waals surface area contributed by atoms with E-state index in [1.807, 2.05) is 13.8 Å². The molecule has 2 saturated carbocycles. The topological polar surface area (TPSA) is 158 Å². The van der Waals surface area contributed by atoms with Crippen LogP contribution in [0.15, 0.2) is 79.1 Å². The highest BCUT2D eigenvalue weighted by Gasteiger charge is 2.37. The molecule has 5 aromatic rings. The summed E-state index contributed by atoms with van der Waals surface area (Å²) in [5.74, 6) is -2.61. The lowest BCUT2D eigenvalue weighted by molar-refractivity contribution is 0.0854. The van der Waals surface area contributed by atoms with Gasteiger partial charge >= 0.3 is 0 Å². The average Bonchev–Trinajstić information content (AvgIpc) is 3.89. The number of nitrogens with zero attached hydrogens (tertiary/aromatic N) is 4. The third kappa shape index (κ3) is 14.4. The zero-order valence-electron chi connectivity index (χ0n) is 43.9. The molecule has 7 rings (SSSR count). The fourth-order valence-electron chi connectivity index (χ4n) is 10.6. The van der Waals surface area contributed by atoms with Crippen LogP contribution in [-0.4, -0.2) is 74.8 Å². The van der Waals surface area contributed by atoms with Gasteiger partial charge in [-0.05, 0) is 119 Å². The Balaban J connectivity index is 0.000000237. The first-order valence-electron chi connectivity index (χ1n) is 26.2. The molecule has 0 radical (unpaired) electrons. The second-order valence-electron chi connectivity index (χ2n) is 22.2. The standard InChI is InChI=1S/C29H40F2N6O.C28H41F2N3O/c1-5-32-27-20(14-23(30)17-24(27)31)15-25(37-19-34-35-36-37)26(38)18-33-29(12-7-6-8-13-29)22-11-9-10-21(16-22)28(2,3)4;1-5-32-26-19(14-22(29)17-23(26)30)15-24(31)25(34)18-33-28(12-7-6-8-13-28)21-11-9-10-20(16-21)27(2,3)4/h9-11,14,16-17,19,25-26,32-33,38H,5-8,12-13,15,18H2,1-4H3;9-11,14,16-17,24-25,32-34H,5-8,12-13,15,18,31H2,1-4H3. The van der Waals surface area contributed by atoms with E-state index in [-0.39, 0.29) is 52.7 Å². The van der Waals surface area contributed by atoms with Gasteiger partial charge in [0.1, 0.15) is 29.6 Å². The fraction of sp³-hybridized carbons (Fsp3) is 0.561. The van der Waals surface area contributed by atoms with E-state index in [1.54, 1.807) is 0 Å². The van der Waals surface area contributed by atoms with E-state index in [9.17, 15) is 27.8 Å². The summed E-state index contributed by atoms with van der Waals surface area (Å²) >= 11 is 0. The Kier molecular flexibility index (Phi) is 19.5. The number of benzene rings is 4. The van der Waals surface area contributed by atoms with Gasteiger partial charge in [0.15, 0.2) is 0 Å². The molecule has 1 heterocycles. The zero-order valence-corrected chi connectivity index (χ0v) is 43.9. The average molecular weight is 1000 g/mol. The zero-order chi connectivity index (χ0) is 52.3. The number of halogens is 4. The summed E-state index contributed by atoms with van der Waals surface area (Å²) in [5, 5.41) is 47.2. The molecule has 72 heavy (non-hydrogen) atoms. The van der Waals surface area contributed by atoms with E-state index in [0.717, 1.165) is 63.5 Å². The number of hydrogen-bond acceptors (Lipinski definition) is 10. The number of aliphatic hydroxyl groups is 2. The van der Waals surface area contributed by atoms with Crippen molar-refractivity contribution in [3.63, 3.8) is 0 Å². The fourth-order valence-corrected chi connectivity index (χ4v) is 10.6. The minimum absolute atomic E-state index is 0.0288. The lowest BCUT2D eigenvalue weighted by Crippen LogP contribution is -2.51. The second kappa shape index (κ2) is 24.9. The predicted molar refractivity (Wildman–Crippen MR) is 281 cm³/mol. The SMILES string of the molecule is CCNc1c(F)cc(F)cc1CC(C(O)CNC1(c2cccc(C(C)(C)C)c2)CCCCC1)n1cnnn1.CCNc1c(F)cc(F)cc1CC(N)C(O)CNC1(c2cccc(C(C)(C)C)c2)CCCCC1. The lowest BCUT2D eigenvalue weighted by atomic mass is 9.74. The third-order valence-electron chi connectivity index (χ3n) is 14.8. The van der Waals surface area contributed by atoms with Crippen LogP contribution in [0.3, 0.4) is 0 Å². The van der Waals surface area contributed by atoms with Crippen LogP contribution in [0.2, 0.25) is 0 Å². The third-order valence-corrected chi connectivity index (χ3v) is 14.8. The highest BCUT2D eigenvalue weighted by Crippen LogP contribution is 2.41. The van der Waals surface area contributed by atoms with Gasteiger partial charge in [-0.25, -0.2) is 22.2 Å². The summed E-state index contributed by atoms with van der Waals surface area (Å²) in [6, 6.07) is 20.6. The summed E-state index contributed by atoms with van der Waals surface area (Å²) in [4.78, 5) is 0. The molecule has 1 aromatic heterocycles. The van der Waals surface area contributed by atoms with Crippen LogP contribution in [0.4, 0.5) is 28.9 Å². The largest absolute Gasteiger partial charge is 0.390 e. The number of nitrogens with one attached hydrogen (secondary N) is 4. The van der Waals surface area contributed by atoms with Crippen LogP contribution in [0.5, 0.6) is 0 Å². The first-order valence-corrected chi connectivity index (χ1v) is 26.2. The summed E-state index contributed by atoms with van der Waals surface area (Å²) in [6.45, 7) is 18.6. The van der Waals surface area contributed by atoms with Crippen molar-refractivity contribution in [1.82, 2.24) is 30.8 Å². The van der Waals surface area contributed by atoms with Crippen LogP contribution in [0, 0.1) is 23.3 Å². The van der Waals surface area contributed by atoms with Gasteiger partial charge in [-0.2, -0.15) is 0 Å². The predicted octanol–water partition coefficient (Wildman–Crippen LogP) is 10.6. The maximum Gasteiger partial charge on any atom is 0.149 e. The maximum absolute atomic E-state index is 14.6. The van der Waals surface area contributed by atoms with E-state index in [2.05, 4.69) is 127 Å². The molecule has 4 unspecified atom stereocenters. The number of nitrogens with two attached hydrogens (primary N) is 1. The molecule has 8 N–H and O–H groups in total. The van der Waals surface area contributed by atoms with Crippen molar-refractivity contribution in [3.05, 3.63) is 136 Å². The summed E-state index contributed by atoms with van der Waals surface area (Å²) in [6.07, 6.45) is 10.8. The molecule has 15 heteroatoms. The van der Waals surface area contributed by atoms with Crippen molar-refractivity contribution in [3.8, 4) is 0 Å². The molecule has 11 nitrogen and oxygen atoms in total. The molecule has 2 aliphatic carbocycles. The molecule has 4 aromatic carbocycles. The van der Waals surface area contributed by atoms with Crippen LogP contribution < -0.4 is 27.0 Å². The Bertz CT molecular complexity index is 2480. The molecular weight excluding hydrogens is 919 g/mol. The number of hydrogen-bond donors (Lipinski definition) is 7. The van der Waals surface area contributed by atoms with Gasteiger partial charge in [-0.1, -0.05) is 129 Å². The van der Waals surface area contributed by atoms with Crippen molar-refractivity contribution >= 4 is 11.4 Å². The van der Waals surface area contributed by atoms with Crippen LogP contribution in [0.1, 0.15) is 159 Å². The van der Waals surface area contributed by atoms with Crippen LogP contribution in [-0.2, 0) is 34.7 Å². The Hall–Kier alpha value is -4.93. The Morgan fingerprint density at radius 1 is 0.625 bits per heavy atom. The Labute approximate surface area is 425 Å². The van der Waals surface area contributed by atoms with Crippen molar-refractivity contribution in [2.24, 2.45) is 5.73 Å². The molecule has 394 valence electrons. The van der Waals surface area contributed by atoms with Crippen molar-refractivity contribution < 1.29 is 27.8 Å². The maximum atomic E-state index is 14.6. The van der Waals surface area contributed by atoms with Crippen molar-refractivity contribution in [1.29, 1.82) is 0 Å². The van der Waals surface area contributed by atoms with Gasteiger partial charge in [-0.15, -0.1) is 5.10 Å².